The molecular formula is C23H21ClFN3OS. The van der Waals surface area contributed by atoms with E-state index < -0.39 is 0 Å². The Morgan fingerprint density at radius 1 is 1.20 bits per heavy atom. The number of thiocarbonyl (C=S) groups is 1. The molecule has 0 atom stereocenters. The number of rotatable bonds is 5. The maximum Gasteiger partial charge on any atom is 0.276 e. The first-order valence-electron chi connectivity index (χ1n) is 9.82. The highest BCUT2D eigenvalue weighted by Gasteiger charge is 2.29. The van der Waals surface area contributed by atoms with Crippen LogP contribution in [0.25, 0.3) is 17.0 Å². The zero-order valence-corrected chi connectivity index (χ0v) is 18.3. The van der Waals surface area contributed by atoms with Gasteiger partial charge in [0.25, 0.3) is 5.91 Å². The van der Waals surface area contributed by atoms with Crippen LogP contribution in [0.4, 0.5) is 4.39 Å². The lowest BCUT2D eigenvalue weighted by atomic mass is 10.1. The number of halogens is 2. The lowest BCUT2D eigenvalue weighted by Gasteiger charge is -2.11. The molecule has 0 bridgehead atoms. The fourth-order valence-corrected chi connectivity index (χ4v) is 4.40. The first-order valence-corrected chi connectivity index (χ1v) is 10.6. The van der Waals surface area contributed by atoms with Crippen molar-refractivity contribution in [3.05, 3.63) is 75.8 Å². The number of likely N-dealkylation sites (N-methyl/N-ethyl adjacent to an activating group) is 1. The summed E-state index contributed by atoms with van der Waals surface area (Å²) < 4.78 is 16.4. The van der Waals surface area contributed by atoms with Gasteiger partial charge in [-0.1, -0.05) is 42.8 Å². The van der Waals surface area contributed by atoms with E-state index in [1.807, 2.05) is 35.9 Å². The number of aromatic nitrogens is 1. The number of aryl methyl sites for hydroxylation is 1. The van der Waals surface area contributed by atoms with Crippen LogP contribution in [0.3, 0.4) is 0 Å². The molecule has 3 aromatic rings. The van der Waals surface area contributed by atoms with E-state index in [4.69, 9.17) is 23.8 Å². The molecule has 154 valence electrons. The molecule has 4 rings (SSSR count). The fraction of sp³-hybridized carbons (Fsp3) is 0.217. The number of amides is 1. The molecule has 4 nitrogen and oxygen atoms in total. The van der Waals surface area contributed by atoms with Gasteiger partial charge in [-0.25, -0.2) is 4.39 Å². The van der Waals surface area contributed by atoms with E-state index in [2.05, 4.69) is 18.3 Å². The van der Waals surface area contributed by atoms with Gasteiger partial charge in [0.1, 0.15) is 11.5 Å². The SMILES string of the molecule is CCc1cccc2c(/C=C3\NC(=S)N(CC)C3=O)cn(Cc3c(F)cccc3Cl)c12. The Morgan fingerprint density at radius 2 is 1.97 bits per heavy atom. The van der Waals surface area contributed by atoms with Crippen molar-refractivity contribution in [1.29, 1.82) is 0 Å². The van der Waals surface area contributed by atoms with E-state index in [1.165, 1.54) is 11.0 Å². The Bertz CT molecular complexity index is 1180. The van der Waals surface area contributed by atoms with Gasteiger partial charge in [0, 0.05) is 34.3 Å². The fourth-order valence-electron chi connectivity index (χ4n) is 3.86. The summed E-state index contributed by atoms with van der Waals surface area (Å²) in [5, 5.41) is 4.79. The minimum absolute atomic E-state index is 0.146. The molecule has 1 saturated heterocycles. The third-order valence-electron chi connectivity index (χ3n) is 5.36. The van der Waals surface area contributed by atoms with Gasteiger partial charge in [0.05, 0.1) is 12.1 Å². The van der Waals surface area contributed by atoms with Gasteiger partial charge < -0.3 is 9.88 Å². The summed E-state index contributed by atoms with van der Waals surface area (Å²) in [7, 11) is 0. The predicted molar refractivity (Wildman–Crippen MR) is 123 cm³/mol. The molecule has 0 saturated carbocycles. The summed E-state index contributed by atoms with van der Waals surface area (Å²) in [6, 6.07) is 10.8. The highest BCUT2D eigenvalue weighted by atomic mass is 35.5. The van der Waals surface area contributed by atoms with E-state index >= 15 is 0 Å². The third-order valence-corrected chi connectivity index (χ3v) is 6.04. The van der Waals surface area contributed by atoms with E-state index in [1.54, 1.807) is 12.1 Å². The maximum absolute atomic E-state index is 14.4. The van der Waals surface area contributed by atoms with Crippen molar-refractivity contribution in [2.75, 3.05) is 6.54 Å². The van der Waals surface area contributed by atoms with Crippen LogP contribution in [0.1, 0.15) is 30.5 Å². The first-order chi connectivity index (χ1) is 14.4. The molecule has 1 aliphatic heterocycles. The van der Waals surface area contributed by atoms with Crippen molar-refractivity contribution in [2.24, 2.45) is 0 Å². The average Bonchev–Trinajstić information content (AvgIpc) is 3.21. The minimum atomic E-state index is -0.338. The topological polar surface area (TPSA) is 37.3 Å². The number of fused-ring (bicyclic) bond motifs is 1. The molecule has 1 aromatic heterocycles. The van der Waals surface area contributed by atoms with Crippen molar-refractivity contribution in [3.8, 4) is 0 Å². The van der Waals surface area contributed by atoms with Gasteiger partial charge in [-0.05, 0) is 49.3 Å². The van der Waals surface area contributed by atoms with E-state index in [9.17, 15) is 9.18 Å². The average molecular weight is 442 g/mol. The molecule has 2 aromatic carbocycles. The number of para-hydroxylation sites is 1. The number of nitrogens with one attached hydrogen (secondary N) is 1. The molecule has 0 aliphatic carbocycles. The summed E-state index contributed by atoms with van der Waals surface area (Å²) in [6.45, 7) is 4.77. The second kappa shape index (κ2) is 8.20. The van der Waals surface area contributed by atoms with Crippen LogP contribution in [-0.2, 0) is 17.8 Å². The molecule has 0 spiro atoms. The molecular weight excluding hydrogens is 421 g/mol. The summed E-state index contributed by atoms with van der Waals surface area (Å²) in [5.74, 6) is -0.484. The second-order valence-corrected chi connectivity index (χ2v) is 7.91. The molecule has 1 N–H and O–H groups in total. The molecule has 30 heavy (non-hydrogen) atoms. The monoisotopic (exact) mass is 441 g/mol. The highest BCUT2D eigenvalue weighted by molar-refractivity contribution is 7.80. The van der Waals surface area contributed by atoms with Crippen LogP contribution < -0.4 is 5.32 Å². The smallest absolute Gasteiger partial charge is 0.276 e. The quantitative estimate of drug-likeness (QED) is 0.441. The zero-order chi connectivity index (χ0) is 21.4. The molecule has 0 radical (unpaired) electrons. The third kappa shape index (κ3) is 3.50. The Hall–Kier alpha value is -2.70. The molecule has 1 aliphatic rings. The number of hydrogen-bond donors (Lipinski definition) is 1. The number of carbonyl (C=O) groups is 1. The van der Waals surface area contributed by atoms with Crippen LogP contribution in [0.15, 0.2) is 48.3 Å². The zero-order valence-electron chi connectivity index (χ0n) is 16.7. The predicted octanol–water partition coefficient (Wildman–Crippen LogP) is 5.12. The van der Waals surface area contributed by atoms with Gasteiger partial charge in [0.15, 0.2) is 5.11 Å². The second-order valence-electron chi connectivity index (χ2n) is 7.12. The van der Waals surface area contributed by atoms with Crippen LogP contribution in [0.5, 0.6) is 0 Å². The van der Waals surface area contributed by atoms with Gasteiger partial charge in [-0.2, -0.15) is 0 Å². The Kier molecular flexibility index (Phi) is 5.62. The minimum Gasteiger partial charge on any atom is -0.342 e. The summed E-state index contributed by atoms with van der Waals surface area (Å²) in [5.41, 5.74) is 3.89. The van der Waals surface area contributed by atoms with Crippen molar-refractivity contribution < 1.29 is 9.18 Å². The summed E-state index contributed by atoms with van der Waals surface area (Å²) in [4.78, 5) is 14.2. The molecule has 7 heteroatoms. The standard InChI is InChI=1S/C23H21ClFN3OS/c1-3-14-7-5-8-16-15(11-20-22(29)28(4-2)23(30)26-20)12-27(21(14)16)13-17-18(24)9-6-10-19(17)25/h5-12H,3-4,13H2,1-2H3,(H,26,30)/b20-11-. The number of hydrogen-bond acceptors (Lipinski definition) is 2. The summed E-state index contributed by atoms with van der Waals surface area (Å²) in [6.07, 6.45) is 4.57. The molecule has 2 heterocycles. The van der Waals surface area contributed by atoms with Crippen LogP contribution in [-0.4, -0.2) is 27.0 Å². The number of benzene rings is 2. The Balaban J connectivity index is 1.86. The van der Waals surface area contributed by atoms with Crippen molar-refractivity contribution in [2.45, 2.75) is 26.8 Å². The van der Waals surface area contributed by atoms with Crippen molar-refractivity contribution in [1.82, 2.24) is 14.8 Å². The number of carbonyl (C=O) groups excluding carboxylic acids is 1. The largest absolute Gasteiger partial charge is 0.342 e. The van der Waals surface area contributed by atoms with Gasteiger partial charge in [-0.3, -0.25) is 9.69 Å². The highest BCUT2D eigenvalue weighted by Crippen LogP contribution is 2.30. The molecule has 1 amide bonds. The van der Waals surface area contributed by atoms with E-state index in [-0.39, 0.29) is 11.7 Å². The van der Waals surface area contributed by atoms with Gasteiger partial charge in [-0.15, -0.1) is 0 Å². The van der Waals surface area contributed by atoms with Crippen LogP contribution in [0, 0.1) is 5.82 Å². The first kappa shape index (κ1) is 20.6. The van der Waals surface area contributed by atoms with Crippen molar-refractivity contribution in [3.63, 3.8) is 0 Å². The molecule has 1 fully saturated rings. The van der Waals surface area contributed by atoms with Crippen LogP contribution in [0.2, 0.25) is 5.02 Å². The van der Waals surface area contributed by atoms with E-state index in [0.717, 1.165) is 28.5 Å². The maximum atomic E-state index is 14.4. The Labute approximate surface area is 184 Å². The number of nitrogens with zero attached hydrogens (tertiary/aromatic N) is 2. The summed E-state index contributed by atoms with van der Waals surface area (Å²) >= 11 is 11.5. The van der Waals surface area contributed by atoms with Gasteiger partial charge in [0.2, 0.25) is 0 Å². The van der Waals surface area contributed by atoms with E-state index in [0.29, 0.717) is 34.5 Å². The van der Waals surface area contributed by atoms with Crippen molar-refractivity contribution >= 4 is 51.8 Å². The normalized spacial score (nSPS) is 15.5. The molecule has 0 unspecified atom stereocenters. The Morgan fingerprint density at radius 3 is 2.63 bits per heavy atom. The lowest BCUT2D eigenvalue weighted by molar-refractivity contribution is -0.122. The van der Waals surface area contributed by atoms with Crippen LogP contribution >= 0.6 is 23.8 Å². The lowest BCUT2D eigenvalue weighted by Crippen LogP contribution is -2.30. The van der Waals surface area contributed by atoms with Gasteiger partial charge >= 0.3 is 0 Å².